The van der Waals surface area contributed by atoms with Crippen LogP contribution < -0.4 is 4.74 Å². The van der Waals surface area contributed by atoms with E-state index < -0.39 is 0 Å². The van der Waals surface area contributed by atoms with E-state index in [2.05, 4.69) is 0 Å². The van der Waals surface area contributed by atoms with Crippen molar-refractivity contribution in [2.24, 2.45) is 0 Å². The molecule has 0 atom stereocenters. The van der Waals surface area contributed by atoms with Crippen LogP contribution in [0.1, 0.15) is 11.1 Å². The van der Waals surface area contributed by atoms with E-state index in [1.54, 1.807) is 7.11 Å². The van der Waals surface area contributed by atoms with E-state index in [1.807, 2.05) is 12.1 Å². The van der Waals surface area contributed by atoms with Crippen LogP contribution in [0.3, 0.4) is 0 Å². The number of hydrogen-bond donors (Lipinski definition) is 1. The van der Waals surface area contributed by atoms with E-state index in [0.29, 0.717) is 0 Å². The number of hydrogen-bond acceptors (Lipinski definition) is 3. The van der Waals surface area contributed by atoms with Crippen LogP contribution in [0.25, 0.3) is 0 Å². The fraction of sp³-hybridized carbons (Fsp3) is 0.250. The van der Waals surface area contributed by atoms with Crippen LogP contribution in [0.2, 0.25) is 0 Å². The molecule has 0 radical (unpaired) electrons. The number of fused-ring (bicyclic) bond motifs is 1. The molecule has 0 unspecified atom stereocenters. The maximum atomic E-state index is 8.79. The summed E-state index contributed by atoms with van der Waals surface area (Å²) in [7, 11) is 1.67. The summed E-state index contributed by atoms with van der Waals surface area (Å²) >= 11 is 0.811. The highest BCUT2D eigenvalue weighted by molar-refractivity contribution is 7.93. The SMILES string of the molecule is COc1ccc(SO)c2c1C2. The monoisotopic (exact) mass is 168 g/mol. The average Bonchev–Trinajstić information content (AvgIpc) is 2.81. The van der Waals surface area contributed by atoms with Gasteiger partial charge >= 0.3 is 0 Å². The molecule has 58 valence electrons. The second-order valence-electron chi connectivity index (χ2n) is 2.49. The molecular weight excluding hydrogens is 160 g/mol. The Morgan fingerprint density at radius 1 is 1.45 bits per heavy atom. The van der Waals surface area contributed by atoms with Gasteiger partial charge in [-0.25, -0.2) is 0 Å². The van der Waals surface area contributed by atoms with Crippen molar-refractivity contribution in [2.45, 2.75) is 11.3 Å². The molecule has 0 bridgehead atoms. The van der Waals surface area contributed by atoms with E-state index >= 15 is 0 Å². The Bertz CT molecular complexity index is 267. The fourth-order valence-electron chi connectivity index (χ4n) is 1.23. The zero-order valence-electron chi connectivity index (χ0n) is 6.13. The van der Waals surface area contributed by atoms with Crippen molar-refractivity contribution in [3.8, 4) is 5.75 Å². The van der Waals surface area contributed by atoms with Gasteiger partial charge in [0, 0.05) is 28.9 Å². The molecule has 3 heteroatoms. The van der Waals surface area contributed by atoms with Crippen LogP contribution in [0.4, 0.5) is 0 Å². The predicted octanol–water partition coefficient (Wildman–Crippen LogP) is 2.16. The molecule has 0 fully saturated rings. The summed E-state index contributed by atoms with van der Waals surface area (Å²) in [6, 6.07) is 3.78. The van der Waals surface area contributed by atoms with Crippen molar-refractivity contribution in [2.75, 3.05) is 7.11 Å². The van der Waals surface area contributed by atoms with Gasteiger partial charge in [0.05, 0.1) is 7.11 Å². The Labute approximate surface area is 69.4 Å². The third-order valence-electron chi connectivity index (χ3n) is 1.89. The zero-order valence-corrected chi connectivity index (χ0v) is 6.94. The molecule has 0 spiro atoms. The van der Waals surface area contributed by atoms with E-state index in [0.717, 1.165) is 29.1 Å². The lowest BCUT2D eigenvalue weighted by atomic mass is 10.3. The third-order valence-corrected chi connectivity index (χ3v) is 2.47. The molecule has 1 N–H and O–H groups in total. The number of methoxy groups -OCH3 is 1. The molecule has 2 rings (SSSR count). The lowest BCUT2D eigenvalue weighted by Gasteiger charge is -1.97. The smallest absolute Gasteiger partial charge is 0.122 e. The van der Waals surface area contributed by atoms with Crippen molar-refractivity contribution in [3.63, 3.8) is 0 Å². The first-order chi connectivity index (χ1) is 5.36. The van der Waals surface area contributed by atoms with Gasteiger partial charge in [-0.2, -0.15) is 0 Å². The molecular formula is C8H8O2S. The lowest BCUT2D eigenvalue weighted by molar-refractivity contribution is 0.413. The highest BCUT2D eigenvalue weighted by Crippen LogP contribution is 2.42. The Hall–Kier alpha value is -0.670. The lowest BCUT2D eigenvalue weighted by Crippen LogP contribution is -1.81. The molecule has 0 saturated heterocycles. The molecule has 1 aromatic rings. The van der Waals surface area contributed by atoms with Crippen LogP contribution in [0.5, 0.6) is 5.75 Å². The van der Waals surface area contributed by atoms with Crippen molar-refractivity contribution in [1.29, 1.82) is 0 Å². The first-order valence-electron chi connectivity index (χ1n) is 3.37. The Morgan fingerprint density at radius 2 is 2.27 bits per heavy atom. The number of benzene rings is 1. The number of ether oxygens (including phenoxy) is 1. The predicted molar refractivity (Wildman–Crippen MR) is 44.3 cm³/mol. The highest BCUT2D eigenvalue weighted by atomic mass is 32.2. The summed E-state index contributed by atoms with van der Waals surface area (Å²) < 4.78 is 13.9. The number of rotatable bonds is 2. The molecule has 11 heavy (non-hydrogen) atoms. The maximum absolute atomic E-state index is 8.79. The first-order valence-corrected chi connectivity index (χ1v) is 4.14. The van der Waals surface area contributed by atoms with Crippen LogP contribution >= 0.6 is 12.0 Å². The van der Waals surface area contributed by atoms with Gasteiger partial charge < -0.3 is 9.29 Å². The van der Waals surface area contributed by atoms with E-state index in [1.165, 1.54) is 11.1 Å². The molecule has 0 aromatic heterocycles. The summed E-state index contributed by atoms with van der Waals surface area (Å²) in [6.45, 7) is 0. The molecule has 0 heterocycles. The van der Waals surface area contributed by atoms with Gasteiger partial charge in [0.1, 0.15) is 5.75 Å². The molecule has 0 amide bonds. The van der Waals surface area contributed by atoms with Gasteiger partial charge in [0.25, 0.3) is 0 Å². The standard InChI is InChI=1S/C8H8O2S/c1-10-7-2-3-8(11-9)6-4-5(6)7/h2-3,9H,4H2,1H3. The fourth-order valence-corrected chi connectivity index (χ4v) is 1.67. The summed E-state index contributed by atoms with van der Waals surface area (Å²) in [5.74, 6) is 0.942. The van der Waals surface area contributed by atoms with Crippen LogP contribution in [0.15, 0.2) is 17.0 Å². The molecule has 0 aliphatic heterocycles. The largest absolute Gasteiger partial charge is 0.496 e. The Balaban J connectivity index is 2.43. The van der Waals surface area contributed by atoms with Gasteiger partial charge in [0.15, 0.2) is 0 Å². The van der Waals surface area contributed by atoms with Crippen molar-refractivity contribution < 1.29 is 9.29 Å². The van der Waals surface area contributed by atoms with E-state index in [9.17, 15) is 0 Å². The van der Waals surface area contributed by atoms with Crippen molar-refractivity contribution in [3.05, 3.63) is 23.3 Å². The second kappa shape index (κ2) is 2.43. The van der Waals surface area contributed by atoms with Gasteiger partial charge in [0.2, 0.25) is 0 Å². The minimum Gasteiger partial charge on any atom is -0.496 e. The van der Waals surface area contributed by atoms with Gasteiger partial charge in [-0.15, -0.1) is 0 Å². The zero-order chi connectivity index (χ0) is 7.84. The Kier molecular flexibility index (Phi) is 1.55. The quantitative estimate of drug-likeness (QED) is 0.697. The summed E-state index contributed by atoms with van der Waals surface area (Å²) in [4.78, 5) is 0.959. The highest BCUT2D eigenvalue weighted by Gasteiger charge is 2.25. The average molecular weight is 168 g/mol. The first kappa shape index (κ1) is 7.00. The van der Waals surface area contributed by atoms with Crippen molar-refractivity contribution in [1.82, 2.24) is 0 Å². The van der Waals surface area contributed by atoms with Crippen LogP contribution in [-0.4, -0.2) is 11.7 Å². The molecule has 1 aliphatic carbocycles. The van der Waals surface area contributed by atoms with Gasteiger partial charge in [-0.1, -0.05) is 0 Å². The van der Waals surface area contributed by atoms with Gasteiger partial charge in [-0.3, -0.25) is 0 Å². The Morgan fingerprint density at radius 3 is 2.91 bits per heavy atom. The minimum atomic E-state index is 0.811. The molecule has 1 aromatic carbocycles. The van der Waals surface area contributed by atoms with E-state index in [-0.39, 0.29) is 0 Å². The van der Waals surface area contributed by atoms with Crippen LogP contribution in [-0.2, 0) is 6.42 Å². The summed E-state index contributed by atoms with van der Waals surface area (Å²) in [5, 5.41) is 0. The molecule has 0 saturated carbocycles. The minimum absolute atomic E-state index is 0.811. The second-order valence-corrected chi connectivity index (χ2v) is 3.11. The summed E-state index contributed by atoms with van der Waals surface area (Å²) in [5.41, 5.74) is 2.48. The van der Waals surface area contributed by atoms with E-state index in [4.69, 9.17) is 9.29 Å². The van der Waals surface area contributed by atoms with Crippen molar-refractivity contribution >= 4 is 12.0 Å². The topological polar surface area (TPSA) is 29.5 Å². The van der Waals surface area contributed by atoms with Gasteiger partial charge in [-0.05, 0) is 17.7 Å². The van der Waals surface area contributed by atoms with Crippen LogP contribution in [0, 0.1) is 0 Å². The third kappa shape index (κ3) is 1.01. The normalized spacial score (nSPS) is 12.5. The molecule has 2 nitrogen and oxygen atoms in total. The molecule has 1 aliphatic rings. The maximum Gasteiger partial charge on any atom is 0.122 e. The summed E-state index contributed by atoms with van der Waals surface area (Å²) in [6.07, 6.45) is 0.971.